The molecule has 0 aliphatic heterocycles. The number of carbonyl (C=O) groups excluding carboxylic acids is 2. The first-order chi connectivity index (χ1) is 9.97. The molecule has 0 spiro atoms. The van der Waals surface area contributed by atoms with Crippen LogP contribution < -0.4 is 21.1 Å². The highest BCUT2D eigenvalue weighted by Gasteiger charge is 2.15. The Kier molecular flexibility index (Phi) is 6.32. The largest absolute Gasteiger partial charge is 0.493 e. The minimum atomic E-state index is -0.323. The molecule has 0 fully saturated rings. The van der Waals surface area contributed by atoms with E-state index >= 15 is 0 Å². The molecule has 0 saturated heterocycles. The van der Waals surface area contributed by atoms with Crippen LogP contribution in [0.1, 0.15) is 17.3 Å². The quantitative estimate of drug-likeness (QED) is 0.530. The number of anilines is 1. The van der Waals surface area contributed by atoms with E-state index in [1.807, 2.05) is 6.92 Å². The first-order valence-electron chi connectivity index (χ1n) is 6.72. The first kappa shape index (κ1) is 16.6. The van der Waals surface area contributed by atoms with Gasteiger partial charge in [-0.05, 0) is 19.1 Å². The predicted octanol–water partition coefficient (Wildman–Crippen LogP) is 0.669. The van der Waals surface area contributed by atoms with Crippen molar-refractivity contribution < 1.29 is 14.3 Å². The fourth-order valence-corrected chi connectivity index (χ4v) is 1.66. The Hall–Kier alpha value is -2.44. The van der Waals surface area contributed by atoms with Gasteiger partial charge in [0.2, 0.25) is 0 Å². The summed E-state index contributed by atoms with van der Waals surface area (Å²) in [6.45, 7) is 2.92. The summed E-state index contributed by atoms with van der Waals surface area (Å²) in [5.41, 5.74) is 6.50. The van der Waals surface area contributed by atoms with Crippen LogP contribution in [0.3, 0.4) is 0 Å². The van der Waals surface area contributed by atoms with Crippen molar-refractivity contribution in [3.63, 3.8) is 0 Å². The van der Waals surface area contributed by atoms with Gasteiger partial charge in [0, 0.05) is 32.9 Å². The number of ether oxygens (including phenoxy) is 1. The molecule has 0 radical (unpaired) electrons. The highest BCUT2D eigenvalue weighted by Crippen LogP contribution is 2.24. The van der Waals surface area contributed by atoms with Crippen molar-refractivity contribution >= 4 is 17.6 Å². The van der Waals surface area contributed by atoms with E-state index in [1.165, 1.54) is 4.90 Å². The van der Waals surface area contributed by atoms with Crippen LogP contribution in [-0.4, -0.2) is 50.6 Å². The molecule has 3 amide bonds. The van der Waals surface area contributed by atoms with Crippen LogP contribution in [0.15, 0.2) is 18.2 Å². The fraction of sp³-hybridized carbons (Fsp3) is 0.429. The molecule has 116 valence electrons. The zero-order valence-corrected chi connectivity index (χ0v) is 12.6. The lowest BCUT2D eigenvalue weighted by Gasteiger charge is -2.14. The Balaban J connectivity index is 2.58. The van der Waals surface area contributed by atoms with Crippen molar-refractivity contribution in [3.8, 4) is 5.75 Å². The summed E-state index contributed by atoms with van der Waals surface area (Å²) in [6.07, 6.45) is 0. The standard InChI is InChI=1S/C14H22N4O3/c1-4-21-11-7-5-6-10(15)12(11)13(19)16-8-9-17-14(20)18(2)3/h5-7H,4,8-9,15H2,1-3H3,(H,16,19)(H,17,20). The second-order valence-electron chi connectivity index (χ2n) is 4.54. The van der Waals surface area contributed by atoms with Gasteiger partial charge in [0.15, 0.2) is 0 Å². The Morgan fingerprint density at radius 2 is 1.90 bits per heavy atom. The van der Waals surface area contributed by atoms with Gasteiger partial charge < -0.3 is 26.0 Å². The van der Waals surface area contributed by atoms with Gasteiger partial charge in [0.05, 0.1) is 6.61 Å². The average molecular weight is 294 g/mol. The summed E-state index contributed by atoms with van der Waals surface area (Å²) in [6, 6.07) is 4.86. The molecule has 0 aliphatic carbocycles. The normalized spacial score (nSPS) is 9.86. The smallest absolute Gasteiger partial charge is 0.316 e. The summed E-state index contributed by atoms with van der Waals surface area (Å²) in [7, 11) is 3.29. The molecular weight excluding hydrogens is 272 g/mol. The van der Waals surface area contributed by atoms with E-state index in [2.05, 4.69) is 10.6 Å². The maximum atomic E-state index is 12.1. The first-order valence-corrected chi connectivity index (χ1v) is 6.72. The van der Waals surface area contributed by atoms with Gasteiger partial charge in [-0.3, -0.25) is 4.79 Å². The third-order valence-electron chi connectivity index (χ3n) is 2.68. The maximum Gasteiger partial charge on any atom is 0.316 e. The SMILES string of the molecule is CCOc1cccc(N)c1C(=O)NCCNC(=O)N(C)C. The number of nitrogen functional groups attached to an aromatic ring is 1. The molecule has 1 rings (SSSR count). The number of urea groups is 1. The van der Waals surface area contributed by atoms with Crippen LogP contribution in [0.2, 0.25) is 0 Å². The summed E-state index contributed by atoms with van der Waals surface area (Å²) in [5, 5.41) is 5.35. The molecule has 21 heavy (non-hydrogen) atoms. The van der Waals surface area contributed by atoms with Gasteiger partial charge >= 0.3 is 6.03 Å². The molecule has 0 atom stereocenters. The third-order valence-corrected chi connectivity index (χ3v) is 2.68. The number of amides is 3. The number of rotatable bonds is 6. The maximum absolute atomic E-state index is 12.1. The van der Waals surface area contributed by atoms with Gasteiger partial charge in [-0.15, -0.1) is 0 Å². The molecule has 4 N–H and O–H groups in total. The van der Waals surface area contributed by atoms with E-state index in [0.29, 0.717) is 36.7 Å². The Morgan fingerprint density at radius 3 is 2.52 bits per heavy atom. The summed E-state index contributed by atoms with van der Waals surface area (Å²) in [5.74, 6) is 0.128. The topological polar surface area (TPSA) is 96.7 Å². The Bertz CT molecular complexity index is 503. The van der Waals surface area contributed by atoms with E-state index in [-0.39, 0.29) is 11.9 Å². The van der Waals surface area contributed by atoms with Crippen LogP contribution >= 0.6 is 0 Å². The van der Waals surface area contributed by atoms with Gasteiger partial charge in [0.1, 0.15) is 11.3 Å². The van der Waals surface area contributed by atoms with Crippen molar-refractivity contribution in [3.05, 3.63) is 23.8 Å². The van der Waals surface area contributed by atoms with Crippen LogP contribution in [0, 0.1) is 0 Å². The lowest BCUT2D eigenvalue weighted by atomic mass is 10.1. The second kappa shape index (κ2) is 7.98. The summed E-state index contributed by atoms with van der Waals surface area (Å²) >= 11 is 0. The number of hydrogen-bond donors (Lipinski definition) is 3. The Morgan fingerprint density at radius 1 is 1.24 bits per heavy atom. The lowest BCUT2D eigenvalue weighted by Crippen LogP contribution is -2.39. The van der Waals surface area contributed by atoms with E-state index in [4.69, 9.17) is 10.5 Å². The average Bonchev–Trinajstić information content (AvgIpc) is 2.43. The third kappa shape index (κ3) is 4.87. The predicted molar refractivity (Wildman–Crippen MR) is 81.4 cm³/mol. The van der Waals surface area contributed by atoms with Crippen molar-refractivity contribution in [1.29, 1.82) is 0 Å². The van der Waals surface area contributed by atoms with Crippen LogP contribution in [0.4, 0.5) is 10.5 Å². The number of nitrogens with two attached hydrogens (primary N) is 1. The van der Waals surface area contributed by atoms with Crippen LogP contribution in [0.25, 0.3) is 0 Å². The molecule has 0 aliphatic rings. The minimum absolute atomic E-state index is 0.210. The molecule has 0 unspecified atom stereocenters. The zero-order chi connectivity index (χ0) is 15.8. The summed E-state index contributed by atoms with van der Waals surface area (Å²) in [4.78, 5) is 24.9. The van der Waals surface area contributed by atoms with Crippen molar-refractivity contribution in [1.82, 2.24) is 15.5 Å². The van der Waals surface area contributed by atoms with E-state index in [9.17, 15) is 9.59 Å². The number of hydrogen-bond acceptors (Lipinski definition) is 4. The monoisotopic (exact) mass is 294 g/mol. The molecule has 7 heteroatoms. The minimum Gasteiger partial charge on any atom is -0.493 e. The number of nitrogens with one attached hydrogen (secondary N) is 2. The van der Waals surface area contributed by atoms with Gasteiger partial charge in [-0.1, -0.05) is 6.07 Å². The van der Waals surface area contributed by atoms with Gasteiger partial charge in [0.25, 0.3) is 5.91 Å². The van der Waals surface area contributed by atoms with Gasteiger partial charge in [-0.2, -0.15) is 0 Å². The number of carbonyl (C=O) groups is 2. The second-order valence-corrected chi connectivity index (χ2v) is 4.54. The Labute approximate surface area is 124 Å². The van der Waals surface area contributed by atoms with Crippen molar-refractivity contribution in [2.45, 2.75) is 6.92 Å². The molecule has 1 aromatic rings. The zero-order valence-electron chi connectivity index (χ0n) is 12.6. The van der Waals surface area contributed by atoms with Crippen molar-refractivity contribution in [2.75, 3.05) is 39.5 Å². The number of benzene rings is 1. The highest BCUT2D eigenvalue weighted by atomic mass is 16.5. The van der Waals surface area contributed by atoms with Crippen LogP contribution in [-0.2, 0) is 0 Å². The van der Waals surface area contributed by atoms with Gasteiger partial charge in [-0.25, -0.2) is 4.79 Å². The molecule has 7 nitrogen and oxygen atoms in total. The van der Waals surface area contributed by atoms with E-state index < -0.39 is 0 Å². The van der Waals surface area contributed by atoms with E-state index in [0.717, 1.165) is 0 Å². The van der Waals surface area contributed by atoms with Crippen LogP contribution in [0.5, 0.6) is 5.75 Å². The fourth-order valence-electron chi connectivity index (χ4n) is 1.66. The number of nitrogens with zero attached hydrogens (tertiary/aromatic N) is 1. The molecule has 1 aromatic carbocycles. The molecule has 0 heterocycles. The summed E-state index contributed by atoms with van der Waals surface area (Å²) < 4.78 is 5.40. The molecule has 0 aromatic heterocycles. The molecule has 0 saturated carbocycles. The lowest BCUT2D eigenvalue weighted by molar-refractivity contribution is 0.0951. The molecule has 0 bridgehead atoms. The van der Waals surface area contributed by atoms with E-state index in [1.54, 1.807) is 32.3 Å². The van der Waals surface area contributed by atoms with Crippen molar-refractivity contribution in [2.24, 2.45) is 0 Å². The molecular formula is C14H22N4O3. The highest BCUT2D eigenvalue weighted by molar-refractivity contribution is 6.01.